The lowest BCUT2D eigenvalue weighted by atomic mass is 10.2. The number of rotatable bonds is 12. The highest BCUT2D eigenvalue weighted by Crippen LogP contribution is 2.48. The van der Waals surface area contributed by atoms with E-state index in [0.29, 0.717) is 11.1 Å². The van der Waals surface area contributed by atoms with Gasteiger partial charge in [-0.05, 0) is 41.0 Å². The van der Waals surface area contributed by atoms with Gasteiger partial charge in [-0.15, -0.1) is 0 Å². The van der Waals surface area contributed by atoms with E-state index in [9.17, 15) is 29.6 Å². The summed E-state index contributed by atoms with van der Waals surface area (Å²) >= 11 is 0. The average molecular weight is 515 g/mol. The van der Waals surface area contributed by atoms with E-state index in [1.807, 2.05) is 6.07 Å². The van der Waals surface area contributed by atoms with Gasteiger partial charge in [0.25, 0.3) is 11.4 Å². The van der Waals surface area contributed by atoms with Crippen molar-refractivity contribution in [3.05, 3.63) is 116 Å². The molecule has 3 rings (SSSR count). The largest absolute Gasteiger partial charge is 0.445 e. The summed E-state index contributed by atoms with van der Waals surface area (Å²) in [5, 5.41) is 24.0. The van der Waals surface area contributed by atoms with Crippen LogP contribution in [-0.2, 0) is 38.2 Å². The molecule has 0 fully saturated rings. The monoisotopic (exact) mass is 515 g/mol. The predicted molar refractivity (Wildman–Crippen MR) is 128 cm³/mol. The maximum absolute atomic E-state index is 13.4. The molecule has 0 radical (unpaired) electrons. The van der Waals surface area contributed by atoms with Crippen LogP contribution < -0.4 is 5.32 Å². The van der Waals surface area contributed by atoms with Gasteiger partial charge in [0.15, 0.2) is 0 Å². The highest BCUT2D eigenvalue weighted by molar-refractivity contribution is 7.53. The second kappa shape index (κ2) is 12.5. The summed E-state index contributed by atoms with van der Waals surface area (Å²) in [7, 11) is -3.94. The molecule has 12 nitrogen and oxygen atoms in total. The van der Waals surface area contributed by atoms with Gasteiger partial charge in [0.2, 0.25) is 0 Å². The number of nitrogens with one attached hydrogen (secondary N) is 1. The summed E-state index contributed by atoms with van der Waals surface area (Å²) in [4.78, 5) is 32.7. The first kappa shape index (κ1) is 26.5. The van der Waals surface area contributed by atoms with E-state index >= 15 is 0 Å². The number of non-ortho nitro benzene ring substituents is 2. The molecule has 0 heterocycles. The normalized spacial score (nSPS) is 11.0. The van der Waals surface area contributed by atoms with E-state index in [1.165, 1.54) is 48.5 Å². The molecular formula is C23H22N3O9P. The molecule has 0 aliphatic carbocycles. The van der Waals surface area contributed by atoms with Crippen LogP contribution >= 0.6 is 7.60 Å². The van der Waals surface area contributed by atoms with Crippen LogP contribution in [0.3, 0.4) is 0 Å². The molecule has 0 saturated carbocycles. The number of carbonyl (C=O) groups excluding carboxylic acids is 1. The summed E-state index contributed by atoms with van der Waals surface area (Å²) < 4.78 is 29.5. The fourth-order valence-electron chi connectivity index (χ4n) is 2.84. The van der Waals surface area contributed by atoms with Crippen LogP contribution in [0.5, 0.6) is 0 Å². The molecule has 3 aromatic carbocycles. The minimum Gasteiger partial charge on any atom is -0.445 e. The topological polar surface area (TPSA) is 160 Å². The Labute approximate surface area is 205 Å². The molecule has 0 unspecified atom stereocenters. The number of hydrogen-bond acceptors (Lipinski definition) is 9. The number of nitro groups is 2. The molecule has 188 valence electrons. The first-order valence-corrected chi connectivity index (χ1v) is 12.3. The minimum atomic E-state index is -3.94. The van der Waals surface area contributed by atoms with Gasteiger partial charge in [-0.2, -0.15) is 0 Å². The molecular weight excluding hydrogens is 493 g/mol. The van der Waals surface area contributed by atoms with Crippen molar-refractivity contribution in [2.75, 3.05) is 6.29 Å². The SMILES string of the molecule is O=C(NCP(=O)(OCc1ccc([N+](=O)[O-])cc1)OCc1ccc([N+](=O)[O-])cc1)OCc1ccccc1. The Kier molecular flexibility index (Phi) is 9.23. The predicted octanol–water partition coefficient (Wildman–Crippen LogP) is 5.31. The van der Waals surface area contributed by atoms with Gasteiger partial charge in [-0.3, -0.25) is 24.8 Å². The second-order valence-corrected chi connectivity index (χ2v) is 9.46. The fraction of sp³-hybridized carbons (Fsp3) is 0.174. The van der Waals surface area contributed by atoms with Crippen molar-refractivity contribution in [2.24, 2.45) is 0 Å². The zero-order chi connectivity index (χ0) is 26.0. The van der Waals surface area contributed by atoms with Crippen molar-refractivity contribution in [1.29, 1.82) is 0 Å². The first-order valence-electron chi connectivity index (χ1n) is 10.5. The Morgan fingerprint density at radius 1 is 0.722 bits per heavy atom. The molecule has 0 aliphatic rings. The molecule has 0 aliphatic heterocycles. The van der Waals surface area contributed by atoms with E-state index in [4.69, 9.17) is 13.8 Å². The standard InChI is InChI=1S/C23H22N3O9P/c27-23(33-14-18-4-2-1-3-5-18)24-17-36(32,34-15-19-6-10-21(11-7-19)25(28)29)35-16-20-8-12-22(13-9-20)26(30)31/h1-13H,14-17H2,(H,24,27). The maximum Gasteiger partial charge on any atom is 0.408 e. The van der Waals surface area contributed by atoms with E-state index in [0.717, 1.165) is 5.56 Å². The quantitative estimate of drug-likeness (QED) is 0.191. The van der Waals surface area contributed by atoms with Gasteiger partial charge in [0, 0.05) is 24.3 Å². The van der Waals surface area contributed by atoms with Crippen LogP contribution in [0.4, 0.5) is 16.2 Å². The van der Waals surface area contributed by atoms with Gasteiger partial charge >= 0.3 is 13.7 Å². The Hall–Kier alpha value is -4.12. The van der Waals surface area contributed by atoms with Gasteiger partial charge in [-0.1, -0.05) is 30.3 Å². The van der Waals surface area contributed by atoms with Gasteiger partial charge < -0.3 is 19.1 Å². The Morgan fingerprint density at radius 2 is 1.17 bits per heavy atom. The Balaban J connectivity index is 1.63. The van der Waals surface area contributed by atoms with Crippen molar-refractivity contribution in [2.45, 2.75) is 19.8 Å². The zero-order valence-corrected chi connectivity index (χ0v) is 19.7. The third-order valence-electron chi connectivity index (χ3n) is 4.78. The van der Waals surface area contributed by atoms with Crippen LogP contribution in [0.1, 0.15) is 16.7 Å². The molecule has 1 N–H and O–H groups in total. The first-order chi connectivity index (χ1) is 17.2. The average Bonchev–Trinajstić information content (AvgIpc) is 2.89. The number of amides is 1. The molecule has 0 saturated heterocycles. The second-order valence-electron chi connectivity index (χ2n) is 7.40. The van der Waals surface area contributed by atoms with Crippen molar-refractivity contribution in [3.63, 3.8) is 0 Å². The van der Waals surface area contributed by atoms with E-state index in [2.05, 4.69) is 5.32 Å². The highest BCUT2D eigenvalue weighted by Gasteiger charge is 2.27. The van der Waals surface area contributed by atoms with Gasteiger partial charge in [0.1, 0.15) is 12.9 Å². The minimum absolute atomic E-state index is 0.00425. The number of alkyl carbamates (subject to hydrolysis) is 1. The Morgan fingerprint density at radius 3 is 1.61 bits per heavy atom. The van der Waals surface area contributed by atoms with E-state index in [-0.39, 0.29) is 31.2 Å². The van der Waals surface area contributed by atoms with Crippen LogP contribution in [0.25, 0.3) is 0 Å². The number of nitrogens with zero attached hydrogens (tertiary/aromatic N) is 2. The number of ether oxygens (including phenoxy) is 1. The summed E-state index contributed by atoms with van der Waals surface area (Å²) in [6.07, 6.45) is -1.35. The molecule has 0 atom stereocenters. The summed E-state index contributed by atoms with van der Waals surface area (Å²) in [5.74, 6) is 0. The van der Waals surface area contributed by atoms with Crippen LogP contribution in [0.15, 0.2) is 78.9 Å². The number of nitro benzene ring substituents is 2. The summed E-state index contributed by atoms with van der Waals surface area (Å²) in [6, 6.07) is 19.9. The van der Waals surface area contributed by atoms with Crippen molar-refractivity contribution in [3.8, 4) is 0 Å². The third-order valence-corrected chi connectivity index (χ3v) is 6.37. The Bertz CT molecular complexity index is 1170. The highest BCUT2D eigenvalue weighted by atomic mass is 31.2. The maximum atomic E-state index is 13.4. The van der Waals surface area contributed by atoms with Gasteiger partial charge in [-0.25, -0.2) is 4.79 Å². The van der Waals surface area contributed by atoms with Crippen molar-refractivity contribution in [1.82, 2.24) is 5.32 Å². The lowest BCUT2D eigenvalue weighted by Gasteiger charge is -2.19. The van der Waals surface area contributed by atoms with E-state index < -0.39 is 29.8 Å². The van der Waals surface area contributed by atoms with Crippen LogP contribution in [0, 0.1) is 20.2 Å². The lowest BCUT2D eigenvalue weighted by Crippen LogP contribution is -2.26. The molecule has 0 bridgehead atoms. The molecule has 36 heavy (non-hydrogen) atoms. The van der Waals surface area contributed by atoms with Gasteiger partial charge in [0.05, 0.1) is 23.1 Å². The lowest BCUT2D eigenvalue weighted by molar-refractivity contribution is -0.385. The van der Waals surface area contributed by atoms with Crippen LogP contribution in [-0.4, -0.2) is 22.2 Å². The summed E-state index contributed by atoms with van der Waals surface area (Å²) in [5.41, 5.74) is 1.52. The van der Waals surface area contributed by atoms with Crippen molar-refractivity contribution >= 4 is 25.1 Å². The molecule has 1 amide bonds. The molecule has 3 aromatic rings. The molecule has 13 heteroatoms. The zero-order valence-electron chi connectivity index (χ0n) is 18.8. The van der Waals surface area contributed by atoms with Crippen LogP contribution in [0.2, 0.25) is 0 Å². The molecule has 0 aromatic heterocycles. The number of benzene rings is 3. The van der Waals surface area contributed by atoms with Crippen molar-refractivity contribution < 1.29 is 33.0 Å². The smallest absolute Gasteiger partial charge is 0.408 e. The fourth-order valence-corrected chi connectivity index (χ4v) is 4.11. The third kappa shape index (κ3) is 8.27. The van der Waals surface area contributed by atoms with E-state index in [1.54, 1.807) is 24.3 Å². The number of hydrogen-bond donors (Lipinski definition) is 1. The number of carbonyl (C=O) groups is 1. The molecule has 0 spiro atoms. The summed E-state index contributed by atoms with van der Waals surface area (Å²) in [6.45, 7) is -0.420.